The van der Waals surface area contributed by atoms with Crippen LogP contribution in [0.3, 0.4) is 0 Å². The highest BCUT2D eigenvalue weighted by Crippen LogP contribution is 2.39. The molecule has 1 aliphatic rings. The van der Waals surface area contributed by atoms with E-state index >= 15 is 0 Å². The minimum Gasteiger partial charge on any atom is -0.335 e. The fourth-order valence-corrected chi connectivity index (χ4v) is 5.54. The lowest BCUT2D eigenvalue weighted by molar-refractivity contribution is 0.635. The van der Waals surface area contributed by atoms with Crippen LogP contribution in [0.4, 0.5) is 5.95 Å². The maximum atomic E-state index is 9.81. The van der Waals surface area contributed by atoms with E-state index in [0.717, 1.165) is 63.7 Å². The van der Waals surface area contributed by atoms with Crippen molar-refractivity contribution in [2.75, 3.05) is 11.4 Å². The monoisotopic (exact) mass is 455 g/mol. The van der Waals surface area contributed by atoms with Crippen molar-refractivity contribution in [2.45, 2.75) is 33.2 Å². The Morgan fingerprint density at radius 3 is 2.64 bits per heavy atom. The van der Waals surface area contributed by atoms with Crippen LogP contribution in [0.5, 0.6) is 0 Å². The SMILES string of the molecule is CC(C)Cc1cc(-c2cnc(N3CCc4c(sc(-c5cnn(C)c5)c4C#N)C3)nc2)ccn1. The number of thiophene rings is 1. The summed E-state index contributed by atoms with van der Waals surface area (Å²) in [6, 6.07) is 6.56. The fraction of sp³-hybridized carbons (Fsp3) is 0.320. The molecule has 1 aliphatic heterocycles. The Bertz CT molecular complexity index is 1330. The normalized spacial score (nSPS) is 13.2. The van der Waals surface area contributed by atoms with Crippen molar-refractivity contribution >= 4 is 17.3 Å². The van der Waals surface area contributed by atoms with E-state index in [1.807, 2.05) is 44.1 Å². The topological polar surface area (TPSA) is 83.5 Å². The fourth-order valence-electron chi connectivity index (χ4n) is 4.26. The second-order valence-corrected chi connectivity index (χ2v) is 9.90. The van der Waals surface area contributed by atoms with Crippen LogP contribution in [0, 0.1) is 17.2 Å². The maximum Gasteiger partial charge on any atom is 0.225 e. The molecule has 166 valence electrons. The summed E-state index contributed by atoms with van der Waals surface area (Å²) < 4.78 is 1.77. The van der Waals surface area contributed by atoms with Gasteiger partial charge < -0.3 is 4.90 Å². The molecule has 33 heavy (non-hydrogen) atoms. The molecule has 8 heteroatoms. The van der Waals surface area contributed by atoms with Gasteiger partial charge in [-0.2, -0.15) is 10.4 Å². The smallest absolute Gasteiger partial charge is 0.225 e. The van der Waals surface area contributed by atoms with E-state index in [9.17, 15) is 5.26 Å². The Morgan fingerprint density at radius 2 is 1.94 bits per heavy atom. The number of aromatic nitrogens is 5. The van der Waals surface area contributed by atoms with Crippen LogP contribution in [0.1, 0.15) is 35.5 Å². The first kappa shape index (κ1) is 21.3. The second kappa shape index (κ2) is 8.75. The van der Waals surface area contributed by atoms with Crippen molar-refractivity contribution in [1.29, 1.82) is 5.26 Å². The predicted molar refractivity (Wildman–Crippen MR) is 130 cm³/mol. The Labute approximate surface area is 197 Å². The third-order valence-electron chi connectivity index (χ3n) is 5.82. The molecule has 5 heterocycles. The first-order valence-electron chi connectivity index (χ1n) is 11.1. The molecule has 0 atom stereocenters. The lowest BCUT2D eigenvalue weighted by Gasteiger charge is -2.26. The molecule has 0 bridgehead atoms. The molecule has 0 N–H and O–H groups in total. The van der Waals surface area contributed by atoms with Gasteiger partial charge in [-0.25, -0.2) is 9.97 Å². The summed E-state index contributed by atoms with van der Waals surface area (Å²) in [7, 11) is 1.89. The maximum absolute atomic E-state index is 9.81. The molecule has 0 aromatic carbocycles. The summed E-state index contributed by atoms with van der Waals surface area (Å²) in [5.74, 6) is 1.28. The molecule has 4 aromatic heterocycles. The summed E-state index contributed by atoms with van der Waals surface area (Å²) in [5.41, 5.74) is 6.11. The van der Waals surface area contributed by atoms with E-state index in [-0.39, 0.29) is 0 Å². The van der Waals surface area contributed by atoms with E-state index in [1.165, 1.54) is 4.88 Å². The minimum atomic E-state index is 0.563. The number of nitriles is 1. The molecule has 0 unspecified atom stereocenters. The van der Waals surface area contributed by atoms with Crippen molar-refractivity contribution in [3.8, 4) is 27.6 Å². The Morgan fingerprint density at radius 1 is 1.12 bits per heavy atom. The largest absolute Gasteiger partial charge is 0.335 e. The summed E-state index contributed by atoms with van der Waals surface area (Å²) in [6.45, 7) is 5.90. The van der Waals surface area contributed by atoms with Crippen molar-refractivity contribution in [3.05, 3.63) is 64.8 Å². The van der Waals surface area contributed by atoms with E-state index in [0.29, 0.717) is 12.5 Å². The van der Waals surface area contributed by atoms with E-state index in [1.54, 1.807) is 16.0 Å². The average molecular weight is 456 g/mol. The number of hydrogen-bond donors (Lipinski definition) is 0. The number of anilines is 1. The van der Waals surface area contributed by atoms with E-state index in [4.69, 9.17) is 0 Å². The van der Waals surface area contributed by atoms with Gasteiger partial charge in [-0.1, -0.05) is 13.8 Å². The molecule has 5 rings (SSSR count). The molecule has 0 saturated heterocycles. The molecular formula is C25H25N7S. The zero-order valence-electron chi connectivity index (χ0n) is 19.0. The molecule has 7 nitrogen and oxygen atoms in total. The van der Waals surface area contributed by atoms with E-state index in [2.05, 4.69) is 50.9 Å². The van der Waals surface area contributed by atoms with Crippen LogP contribution in [-0.2, 0) is 26.4 Å². The number of aryl methyl sites for hydroxylation is 1. The first-order chi connectivity index (χ1) is 16.0. The van der Waals surface area contributed by atoms with E-state index < -0.39 is 0 Å². The lowest BCUT2D eigenvalue weighted by atomic mass is 10.0. The molecule has 0 amide bonds. The zero-order chi connectivity index (χ0) is 22.9. The molecule has 0 radical (unpaired) electrons. The molecule has 0 fully saturated rings. The number of pyridine rings is 1. The van der Waals surface area contributed by atoms with Crippen molar-refractivity contribution in [2.24, 2.45) is 13.0 Å². The number of hydrogen-bond acceptors (Lipinski definition) is 7. The third kappa shape index (κ3) is 4.24. The minimum absolute atomic E-state index is 0.563. The average Bonchev–Trinajstić information content (AvgIpc) is 3.41. The summed E-state index contributed by atoms with van der Waals surface area (Å²) >= 11 is 1.68. The second-order valence-electron chi connectivity index (χ2n) is 8.80. The van der Waals surface area contributed by atoms with Gasteiger partial charge in [0.1, 0.15) is 6.07 Å². The van der Waals surface area contributed by atoms with Gasteiger partial charge in [0, 0.05) is 60.1 Å². The van der Waals surface area contributed by atoms with Gasteiger partial charge in [0.15, 0.2) is 0 Å². The first-order valence-corrected chi connectivity index (χ1v) is 11.9. The van der Waals surface area contributed by atoms with Crippen LogP contribution in [0.25, 0.3) is 21.6 Å². The van der Waals surface area contributed by atoms with Gasteiger partial charge in [0.25, 0.3) is 0 Å². The highest BCUT2D eigenvalue weighted by Gasteiger charge is 2.26. The third-order valence-corrected chi connectivity index (χ3v) is 7.09. The highest BCUT2D eigenvalue weighted by molar-refractivity contribution is 7.16. The summed E-state index contributed by atoms with van der Waals surface area (Å²) in [6.07, 6.45) is 11.2. The van der Waals surface area contributed by atoms with Crippen LogP contribution < -0.4 is 4.90 Å². The summed E-state index contributed by atoms with van der Waals surface area (Å²) in [4.78, 5) is 18.2. The van der Waals surface area contributed by atoms with Crippen molar-refractivity contribution in [1.82, 2.24) is 24.7 Å². The highest BCUT2D eigenvalue weighted by atomic mass is 32.1. The zero-order valence-corrected chi connectivity index (χ0v) is 19.8. The Kier molecular flexibility index (Phi) is 5.65. The lowest BCUT2D eigenvalue weighted by Crippen LogP contribution is -2.31. The van der Waals surface area contributed by atoms with Crippen LogP contribution in [0.2, 0.25) is 0 Å². The van der Waals surface area contributed by atoms with Crippen LogP contribution in [-0.4, -0.2) is 31.3 Å². The molecule has 4 aromatic rings. The summed E-state index contributed by atoms with van der Waals surface area (Å²) in [5, 5.41) is 14.1. The standard InChI is InChI=1S/C25H25N7S/c1-16(2)8-20-9-17(4-6-27-20)18-11-28-25(29-12-18)32-7-5-21-22(10-26)24(33-23(21)15-32)19-13-30-31(3)14-19/h4,6,9,11-14,16H,5,7-8,15H2,1-3H3. The molecule has 0 saturated carbocycles. The van der Waals surface area contributed by atoms with Gasteiger partial charge in [-0.15, -0.1) is 11.3 Å². The Hall–Kier alpha value is -3.57. The molecular weight excluding hydrogens is 430 g/mol. The van der Waals surface area contributed by atoms with Crippen LogP contribution >= 0.6 is 11.3 Å². The van der Waals surface area contributed by atoms with Gasteiger partial charge in [0.2, 0.25) is 5.95 Å². The van der Waals surface area contributed by atoms with Crippen molar-refractivity contribution in [3.63, 3.8) is 0 Å². The van der Waals surface area contributed by atoms with Crippen molar-refractivity contribution < 1.29 is 0 Å². The number of fused-ring (bicyclic) bond motifs is 1. The number of nitrogens with zero attached hydrogens (tertiary/aromatic N) is 7. The molecule has 0 spiro atoms. The molecule has 0 aliphatic carbocycles. The number of rotatable bonds is 5. The van der Waals surface area contributed by atoms with Gasteiger partial charge in [-0.3, -0.25) is 9.67 Å². The van der Waals surface area contributed by atoms with Gasteiger partial charge in [-0.05, 0) is 42.0 Å². The van der Waals surface area contributed by atoms with Gasteiger partial charge >= 0.3 is 0 Å². The Balaban J connectivity index is 1.37. The van der Waals surface area contributed by atoms with Crippen LogP contribution in [0.15, 0.2) is 43.1 Å². The quantitative estimate of drug-likeness (QED) is 0.436. The van der Waals surface area contributed by atoms with Gasteiger partial charge in [0.05, 0.1) is 23.2 Å². The predicted octanol–water partition coefficient (Wildman–Crippen LogP) is 4.63.